The van der Waals surface area contributed by atoms with Crippen LogP contribution in [0.3, 0.4) is 0 Å². The molecule has 0 amide bonds. The molecular formula is C44H33N9O22S6. The largest absolute Gasteiger partial charge is 0.505 e. The predicted molar refractivity (Wildman–Crippen MR) is 283 cm³/mol. The molecule has 0 saturated heterocycles. The predicted octanol–water partition coefficient (Wildman–Crippen LogP) is 11.7. The zero-order valence-corrected chi connectivity index (χ0v) is 45.1. The summed E-state index contributed by atoms with van der Waals surface area (Å²) in [6.07, 6.45) is 0. The van der Waals surface area contributed by atoms with Crippen molar-refractivity contribution in [3.63, 3.8) is 0 Å². The van der Waals surface area contributed by atoms with Crippen LogP contribution in [0.4, 0.5) is 51.2 Å². The monoisotopic (exact) mass is 1230 g/mol. The van der Waals surface area contributed by atoms with Gasteiger partial charge < -0.3 is 25.8 Å². The Kier molecular flexibility index (Phi) is 17.0. The van der Waals surface area contributed by atoms with Crippen LogP contribution in [0.15, 0.2) is 167 Å². The average Bonchev–Trinajstić information content (AvgIpc) is 3.59. The quantitative estimate of drug-likeness (QED) is 0.00897. The van der Waals surface area contributed by atoms with Gasteiger partial charge in [-0.3, -0.25) is 18.2 Å². The van der Waals surface area contributed by atoms with Gasteiger partial charge in [-0.1, -0.05) is 22.2 Å². The smallest absolute Gasteiger partial charge is 0.296 e. The molecule has 0 saturated carbocycles. The Morgan fingerprint density at radius 1 is 0.469 bits per heavy atom. The molecule has 0 aliphatic rings. The first kappa shape index (κ1) is 59.2. The van der Waals surface area contributed by atoms with E-state index in [0.29, 0.717) is 29.9 Å². The molecular weight excluding hydrogens is 1200 g/mol. The molecule has 11 N–H and O–H groups in total. The minimum atomic E-state index is -5.39. The van der Waals surface area contributed by atoms with Gasteiger partial charge in [-0.05, 0) is 114 Å². The standard InChI is InChI=1S/C44H33N9O22S6/c1-19-26-18-35(81(68,69)70)40(53-48-28-11-8-23(71-2)17-30(28)76-74-72-57)43(55)25(26)10-12-27(19)47-51-39-33(79(62,63)64)15-21-16-34(80(65,66)67)41(44(56)36(21)37(39)45)52-46-22-7-9-24-20(13-22)14-31(77-75-73-58)38(42(24)54)50-49-29-5-3-4-6-32(29)78(59,60)61/h3-18,54-58H,45H2,1-2H3,(H,59,60,61)(H,62,63,64)(H,65,66,67)(H,68,69,70). The number of ether oxygens (including phenoxy) is 1. The number of hydrogen-bond acceptors (Lipinski definition) is 29. The minimum absolute atomic E-state index is 0.0169. The maximum absolute atomic E-state index is 12.9. The third-order valence-electron chi connectivity index (χ3n) is 11.3. The Bertz CT molecular complexity index is 4510. The number of azo groups is 4. The van der Waals surface area contributed by atoms with Crippen molar-refractivity contribution in [3.05, 3.63) is 103 Å². The molecule has 81 heavy (non-hydrogen) atoms. The number of nitrogens with two attached hydrogens (primary N) is 1. The number of methoxy groups -OCH3 is 1. The number of benzene rings is 8. The SMILES string of the molecule is COc1ccc(N=Nc2c(S(=O)(=O)O)cc3c(C)c(N=Nc4c(S(=O)(=O)O)cc5cc(S(=O)(=O)O)c(N=Nc6ccc7c(O)c(N=Nc8ccccc8S(=O)(=O)O)c(SOOO)cc7c6)c(O)c5c4N)ccc3c2O)c(SOOO)c1. The lowest BCUT2D eigenvalue weighted by Gasteiger charge is -2.14. The Morgan fingerprint density at radius 3 is 1.63 bits per heavy atom. The number of fused-ring (bicyclic) bond motifs is 3. The molecule has 0 atom stereocenters. The molecule has 37 heteroatoms. The highest BCUT2D eigenvalue weighted by Gasteiger charge is 2.29. The van der Waals surface area contributed by atoms with Crippen molar-refractivity contribution in [2.75, 3.05) is 12.8 Å². The van der Waals surface area contributed by atoms with Crippen molar-refractivity contribution in [2.45, 2.75) is 36.3 Å². The highest BCUT2D eigenvalue weighted by molar-refractivity contribution is 7.95. The first-order valence-electron chi connectivity index (χ1n) is 21.5. The van der Waals surface area contributed by atoms with E-state index < -0.39 is 111 Å². The van der Waals surface area contributed by atoms with Crippen molar-refractivity contribution in [1.29, 1.82) is 0 Å². The van der Waals surface area contributed by atoms with Gasteiger partial charge in [0, 0.05) is 10.8 Å². The molecule has 8 aromatic carbocycles. The van der Waals surface area contributed by atoms with E-state index >= 15 is 0 Å². The summed E-state index contributed by atoms with van der Waals surface area (Å²) in [5, 5.41) is 89.5. The summed E-state index contributed by atoms with van der Waals surface area (Å²) in [4.78, 5) is -3.87. The number of nitrogen functional groups attached to an aromatic ring is 1. The highest BCUT2D eigenvalue weighted by Crippen LogP contribution is 2.51. The summed E-state index contributed by atoms with van der Waals surface area (Å²) in [6.45, 7) is 1.35. The zero-order valence-electron chi connectivity index (χ0n) is 40.2. The van der Waals surface area contributed by atoms with Crippen molar-refractivity contribution in [1.82, 2.24) is 0 Å². The van der Waals surface area contributed by atoms with Crippen LogP contribution < -0.4 is 10.5 Å². The molecule has 0 fully saturated rings. The topological polar surface area (TPSA) is 490 Å². The van der Waals surface area contributed by atoms with E-state index in [1.54, 1.807) is 0 Å². The number of phenolic OH excluding ortho intramolecular Hbond substituents is 3. The van der Waals surface area contributed by atoms with Gasteiger partial charge in [0.15, 0.2) is 17.2 Å². The van der Waals surface area contributed by atoms with Crippen LogP contribution in [0.25, 0.3) is 32.3 Å². The number of rotatable bonds is 19. The molecule has 0 aliphatic heterocycles. The third-order valence-corrected chi connectivity index (χ3v) is 16.1. The fourth-order valence-electron chi connectivity index (χ4n) is 7.67. The second-order valence-electron chi connectivity index (χ2n) is 16.1. The maximum atomic E-state index is 12.9. The highest BCUT2D eigenvalue weighted by atomic mass is 32.2. The number of anilines is 1. The summed E-state index contributed by atoms with van der Waals surface area (Å²) < 4.78 is 155. The molecule has 0 spiro atoms. The lowest BCUT2D eigenvalue weighted by Crippen LogP contribution is -2.03. The summed E-state index contributed by atoms with van der Waals surface area (Å²) in [5.41, 5.74) is 2.00. The van der Waals surface area contributed by atoms with E-state index in [1.807, 2.05) is 0 Å². The van der Waals surface area contributed by atoms with E-state index in [0.717, 1.165) is 12.1 Å². The van der Waals surface area contributed by atoms with Gasteiger partial charge in [-0.15, -0.1) is 39.4 Å². The number of hydrogen-bond donors (Lipinski definition) is 10. The Balaban J connectivity index is 1.21. The van der Waals surface area contributed by atoms with Gasteiger partial charge in [0.2, 0.25) is 0 Å². The van der Waals surface area contributed by atoms with Crippen molar-refractivity contribution in [3.8, 4) is 23.0 Å². The van der Waals surface area contributed by atoms with Gasteiger partial charge in [-0.25, -0.2) is 10.5 Å². The second-order valence-corrected chi connectivity index (χ2v) is 23.2. The molecule has 422 valence electrons. The van der Waals surface area contributed by atoms with Crippen LogP contribution in [0.5, 0.6) is 23.0 Å². The third kappa shape index (κ3) is 12.5. The molecule has 0 radical (unpaired) electrons. The van der Waals surface area contributed by atoms with Crippen molar-refractivity contribution < 1.29 is 101 Å². The summed E-state index contributed by atoms with van der Waals surface area (Å²) in [6, 6.07) is 18.7. The summed E-state index contributed by atoms with van der Waals surface area (Å²) in [7, 11) is -19.4. The van der Waals surface area contributed by atoms with Crippen LogP contribution in [0.2, 0.25) is 0 Å². The Morgan fingerprint density at radius 2 is 0.988 bits per heavy atom. The molecule has 0 aliphatic carbocycles. The molecule has 8 rings (SSSR count). The van der Waals surface area contributed by atoms with Crippen LogP contribution in [-0.2, 0) is 59.2 Å². The Labute approximate surface area is 462 Å². The van der Waals surface area contributed by atoms with Crippen LogP contribution >= 0.6 is 24.1 Å². The maximum Gasteiger partial charge on any atom is 0.296 e. The Hall–Kier alpha value is -7.96. The van der Waals surface area contributed by atoms with Gasteiger partial charge in [0.1, 0.15) is 59.5 Å². The minimum Gasteiger partial charge on any atom is -0.505 e. The number of aromatic hydroxyl groups is 3. The van der Waals surface area contributed by atoms with Crippen LogP contribution in [0, 0.1) is 6.92 Å². The number of nitrogens with zero attached hydrogens (tertiary/aromatic N) is 8. The number of phenols is 3. The summed E-state index contributed by atoms with van der Waals surface area (Å²) >= 11 is 0.736. The van der Waals surface area contributed by atoms with Crippen LogP contribution in [0.1, 0.15) is 5.56 Å². The van der Waals surface area contributed by atoms with Crippen molar-refractivity contribution >= 4 is 148 Å². The molecule has 0 heterocycles. The molecule has 31 nitrogen and oxygen atoms in total. The number of aryl methyl sites for hydroxylation is 1. The van der Waals surface area contributed by atoms with Gasteiger partial charge in [0.05, 0.1) is 63.4 Å². The normalized spacial score (nSPS) is 12.9. The first-order valence-corrected chi connectivity index (χ1v) is 28.7. The lowest BCUT2D eigenvalue weighted by atomic mass is 10.0. The van der Waals surface area contributed by atoms with Gasteiger partial charge in [0.25, 0.3) is 40.5 Å². The second kappa shape index (κ2) is 23.3. The summed E-state index contributed by atoms with van der Waals surface area (Å²) in [5.74, 6) is -2.29. The van der Waals surface area contributed by atoms with E-state index in [-0.39, 0.29) is 77.4 Å². The van der Waals surface area contributed by atoms with Gasteiger partial charge >= 0.3 is 0 Å². The van der Waals surface area contributed by atoms with Crippen molar-refractivity contribution in [2.24, 2.45) is 40.9 Å². The molecule has 0 unspecified atom stereocenters. The van der Waals surface area contributed by atoms with Crippen LogP contribution in [-0.4, -0.2) is 84.8 Å². The van der Waals surface area contributed by atoms with Gasteiger partial charge in [-0.2, -0.15) is 43.9 Å². The molecule has 0 aromatic heterocycles. The zero-order chi connectivity index (χ0) is 58.9. The van der Waals surface area contributed by atoms with E-state index in [2.05, 4.69) is 59.7 Å². The van der Waals surface area contributed by atoms with E-state index in [4.69, 9.17) is 21.0 Å². The fourth-order valence-corrected chi connectivity index (χ4v) is 11.2. The average molecular weight is 1230 g/mol. The first-order chi connectivity index (χ1) is 38.2. The molecule has 8 aromatic rings. The lowest BCUT2D eigenvalue weighted by molar-refractivity contribution is -0.432. The van der Waals surface area contributed by atoms with E-state index in [1.165, 1.54) is 86.8 Å². The molecule has 0 bridgehead atoms. The van der Waals surface area contributed by atoms with E-state index in [9.17, 15) is 67.2 Å². The fraction of sp³-hybridized carbons (Fsp3) is 0.0455.